The van der Waals surface area contributed by atoms with Gasteiger partial charge in [0.15, 0.2) is 5.01 Å². The van der Waals surface area contributed by atoms with Crippen molar-refractivity contribution in [1.82, 2.24) is 10.2 Å². The molecule has 0 atom stereocenters. The third kappa shape index (κ3) is 3.41. The van der Waals surface area contributed by atoms with Crippen molar-refractivity contribution in [3.63, 3.8) is 0 Å². The first-order valence-electron chi connectivity index (χ1n) is 6.04. The van der Waals surface area contributed by atoms with Gasteiger partial charge in [-0.1, -0.05) is 11.3 Å². The SMILES string of the molecule is CCNc1nnc(COc2ccc([N+](=O)[O-])cc2C)s1. The number of nitrogens with one attached hydrogen (secondary N) is 1. The van der Waals surface area contributed by atoms with E-state index in [2.05, 4.69) is 15.5 Å². The van der Waals surface area contributed by atoms with Crippen LogP contribution in [0.5, 0.6) is 5.75 Å². The van der Waals surface area contributed by atoms with Gasteiger partial charge < -0.3 is 10.1 Å². The van der Waals surface area contributed by atoms with E-state index in [0.717, 1.165) is 22.2 Å². The summed E-state index contributed by atoms with van der Waals surface area (Å²) >= 11 is 1.42. The number of anilines is 1. The van der Waals surface area contributed by atoms with Gasteiger partial charge in [0, 0.05) is 18.7 Å². The molecule has 1 N–H and O–H groups in total. The predicted octanol–water partition coefficient (Wildman–Crippen LogP) is 2.77. The number of ether oxygens (including phenoxy) is 1. The first-order valence-corrected chi connectivity index (χ1v) is 6.86. The minimum atomic E-state index is -0.426. The monoisotopic (exact) mass is 294 g/mol. The highest BCUT2D eigenvalue weighted by molar-refractivity contribution is 7.15. The van der Waals surface area contributed by atoms with Crippen LogP contribution < -0.4 is 10.1 Å². The van der Waals surface area contributed by atoms with Gasteiger partial charge in [-0.05, 0) is 25.5 Å². The van der Waals surface area contributed by atoms with Crippen LogP contribution in [0.2, 0.25) is 0 Å². The maximum Gasteiger partial charge on any atom is 0.269 e. The molecule has 8 heteroatoms. The molecule has 0 spiro atoms. The molecule has 0 aliphatic rings. The molecule has 0 saturated heterocycles. The molecule has 20 heavy (non-hydrogen) atoms. The van der Waals surface area contributed by atoms with Crippen molar-refractivity contribution in [1.29, 1.82) is 0 Å². The van der Waals surface area contributed by atoms with E-state index in [1.165, 1.54) is 23.5 Å². The van der Waals surface area contributed by atoms with Gasteiger partial charge in [0.05, 0.1) is 4.92 Å². The van der Waals surface area contributed by atoms with Crippen molar-refractivity contribution in [2.45, 2.75) is 20.5 Å². The number of aryl methyl sites for hydroxylation is 1. The zero-order valence-corrected chi connectivity index (χ0v) is 11.9. The Morgan fingerprint density at radius 3 is 2.90 bits per heavy atom. The van der Waals surface area contributed by atoms with Crippen LogP contribution in [0.15, 0.2) is 18.2 Å². The summed E-state index contributed by atoms with van der Waals surface area (Å²) in [6.07, 6.45) is 0. The summed E-state index contributed by atoms with van der Waals surface area (Å²) in [5, 5.41) is 23.2. The molecule has 7 nitrogen and oxygen atoms in total. The second kappa shape index (κ2) is 6.29. The summed E-state index contributed by atoms with van der Waals surface area (Å²) in [5.41, 5.74) is 0.774. The Hall–Kier alpha value is -2.22. The van der Waals surface area contributed by atoms with Crippen molar-refractivity contribution in [3.05, 3.63) is 38.9 Å². The molecule has 0 amide bonds. The lowest BCUT2D eigenvalue weighted by atomic mass is 10.2. The van der Waals surface area contributed by atoms with Gasteiger partial charge in [0.1, 0.15) is 12.4 Å². The van der Waals surface area contributed by atoms with Crippen LogP contribution in [-0.4, -0.2) is 21.7 Å². The fourth-order valence-corrected chi connectivity index (χ4v) is 2.30. The number of hydrogen-bond donors (Lipinski definition) is 1. The van der Waals surface area contributed by atoms with E-state index in [1.54, 1.807) is 13.0 Å². The smallest absolute Gasteiger partial charge is 0.269 e. The summed E-state index contributed by atoms with van der Waals surface area (Å²) in [6, 6.07) is 4.51. The van der Waals surface area contributed by atoms with Gasteiger partial charge in [-0.2, -0.15) is 0 Å². The number of nitro benzene ring substituents is 1. The molecule has 0 aliphatic carbocycles. The largest absolute Gasteiger partial charge is 0.486 e. The van der Waals surface area contributed by atoms with Crippen molar-refractivity contribution >= 4 is 22.2 Å². The summed E-state index contributed by atoms with van der Waals surface area (Å²) in [4.78, 5) is 10.2. The first kappa shape index (κ1) is 14.2. The molecule has 0 aliphatic heterocycles. The fraction of sp³-hybridized carbons (Fsp3) is 0.333. The second-order valence-electron chi connectivity index (χ2n) is 4.03. The molecule has 106 valence electrons. The summed E-state index contributed by atoms with van der Waals surface area (Å²) < 4.78 is 5.61. The Labute approximate surface area is 119 Å². The van der Waals surface area contributed by atoms with Gasteiger partial charge in [0.2, 0.25) is 5.13 Å². The van der Waals surface area contributed by atoms with Gasteiger partial charge in [-0.25, -0.2) is 0 Å². The maximum absolute atomic E-state index is 10.6. The topological polar surface area (TPSA) is 90.2 Å². The summed E-state index contributed by atoms with van der Waals surface area (Å²) in [5.74, 6) is 0.607. The van der Waals surface area contributed by atoms with Gasteiger partial charge >= 0.3 is 0 Å². The zero-order valence-electron chi connectivity index (χ0n) is 11.1. The van der Waals surface area contributed by atoms with Crippen LogP contribution in [0.25, 0.3) is 0 Å². The van der Waals surface area contributed by atoms with E-state index in [1.807, 2.05) is 6.92 Å². The molecule has 2 aromatic rings. The lowest BCUT2D eigenvalue weighted by molar-refractivity contribution is -0.384. The molecule has 1 aromatic carbocycles. The number of rotatable bonds is 6. The Kier molecular flexibility index (Phi) is 4.46. The fourth-order valence-electron chi connectivity index (χ4n) is 1.58. The number of non-ortho nitro benzene ring substituents is 1. The predicted molar refractivity (Wildman–Crippen MR) is 76.2 cm³/mol. The van der Waals surface area contributed by atoms with Crippen molar-refractivity contribution in [2.75, 3.05) is 11.9 Å². The highest BCUT2D eigenvalue weighted by Crippen LogP contribution is 2.24. The number of nitrogens with zero attached hydrogens (tertiary/aromatic N) is 3. The Balaban J connectivity index is 2.01. The molecule has 2 rings (SSSR count). The minimum Gasteiger partial charge on any atom is -0.486 e. The Bertz CT molecular complexity index is 614. The third-order valence-electron chi connectivity index (χ3n) is 2.52. The molecule has 0 fully saturated rings. The van der Waals surface area contributed by atoms with Gasteiger partial charge in [-0.3, -0.25) is 10.1 Å². The summed E-state index contributed by atoms with van der Waals surface area (Å²) in [7, 11) is 0. The number of benzene rings is 1. The molecule has 0 saturated carbocycles. The van der Waals surface area contributed by atoms with Gasteiger partial charge in [0.25, 0.3) is 5.69 Å². The molecular formula is C12H14N4O3S. The minimum absolute atomic E-state index is 0.0557. The molecule has 0 bridgehead atoms. The van der Waals surface area contributed by atoms with Crippen LogP contribution in [0.4, 0.5) is 10.8 Å². The van der Waals surface area contributed by atoms with Gasteiger partial charge in [-0.15, -0.1) is 10.2 Å². The molecule has 1 aromatic heterocycles. The van der Waals surface area contributed by atoms with E-state index < -0.39 is 4.92 Å². The maximum atomic E-state index is 10.6. The van der Waals surface area contributed by atoms with Crippen molar-refractivity contribution < 1.29 is 9.66 Å². The number of hydrogen-bond acceptors (Lipinski definition) is 7. The molecular weight excluding hydrogens is 280 g/mol. The lowest BCUT2D eigenvalue weighted by Crippen LogP contribution is -1.97. The van der Waals surface area contributed by atoms with Crippen LogP contribution in [0.1, 0.15) is 17.5 Å². The van der Waals surface area contributed by atoms with Crippen molar-refractivity contribution in [3.8, 4) is 5.75 Å². The second-order valence-corrected chi connectivity index (χ2v) is 5.09. The Morgan fingerprint density at radius 1 is 1.45 bits per heavy atom. The van der Waals surface area contributed by atoms with E-state index in [-0.39, 0.29) is 5.69 Å². The Morgan fingerprint density at radius 2 is 2.25 bits per heavy atom. The van der Waals surface area contributed by atoms with E-state index in [4.69, 9.17) is 4.74 Å². The van der Waals surface area contributed by atoms with Crippen LogP contribution >= 0.6 is 11.3 Å². The highest BCUT2D eigenvalue weighted by atomic mass is 32.1. The average molecular weight is 294 g/mol. The molecule has 1 heterocycles. The standard InChI is InChI=1S/C12H14N4O3S/c1-3-13-12-15-14-11(20-12)7-19-10-5-4-9(16(17)18)6-8(10)2/h4-6H,3,7H2,1-2H3,(H,13,15). The van der Waals surface area contributed by atoms with E-state index >= 15 is 0 Å². The first-order chi connectivity index (χ1) is 9.60. The molecule has 0 unspecified atom stereocenters. The number of aromatic nitrogens is 2. The quantitative estimate of drug-likeness (QED) is 0.650. The van der Waals surface area contributed by atoms with Crippen LogP contribution in [0.3, 0.4) is 0 Å². The van der Waals surface area contributed by atoms with Crippen LogP contribution in [0, 0.1) is 17.0 Å². The van der Waals surface area contributed by atoms with Crippen molar-refractivity contribution in [2.24, 2.45) is 0 Å². The zero-order chi connectivity index (χ0) is 14.5. The lowest BCUT2D eigenvalue weighted by Gasteiger charge is -2.06. The normalized spacial score (nSPS) is 10.3. The van der Waals surface area contributed by atoms with E-state index in [9.17, 15) is 10.1 Å². The number of nitro groups is 1. The summed E-state index contributed by atoms with van der Waals surface area (Å²) in [6.45, 7) is 4.84. The average Bonchev–Trinajstić information content (AvgIpc) is 2.85. The van der Waals surface area contributed by atoms with E-state index in [0.29, 0.717) is 12.4 Å². The highest BCUT2D eigenvalue weighted by Gasteiger charge is 2.10. The molecule has 0 radical (unpaired) electrons. The third-order valence-corrected chi connectivity index (χ3v) is 3.37. The van der Waals surface area contributed by atoms with Crippen LogP contribution in [-0.2, 0) is 6.61 Å².